The highest BCUT2D eigenvalue weighted by molar-refractivity contribution is 5.77. The molecule has 0 bridgehead atoms. The maximum absolute atomic E-state index is 13.3. The number of morpholine rings is 1. The third-order valence-electron chi connectivity index (χ3n) is 8.85. The van der Waals surface area contributed by atoms with Gasteiger partial charge in [-0.15, -0.1) is 0 Å². The van der Waals surface area contributed by atoms with E-state index in [-0.39, 0.29) is 18.0 Å². The summed E-state index contributed by atoms with van der Waals surface area (Å²) in [6.45, 7) is 13.6. The topological polar surface area (TPSA) is 38.8 Å². The Hall–Kier alpha value is -1.57. The van der Waals surface area contributed by atoms with Crippen LogP contribution in [0.1, 0.15) is 66.2 Å². The number of esters is 1. The van der Waals surface area contributed by atoms with Crippen LogP contribution in [-0.4, -0.2) is 50.3 Å². The molecule has 1 aliphatic heterocycles. The Morgan fingerprint density at radius 2 is 2.03 bits per heavy atom. The van der Waals surface area contributed by atoms with E-state index in [0.29, 0.717) is 17.8 Å². The molecule has 176 valence electrons. The zero-order valence-electron chi connectivity index (χ0n) is 20.5. The van der Waals surface area contributed by atoms with Crippen LogP contribution in [0.5, 0.6) is 0 Å². The van der Waals surface area contributed by atoms with E-state index in [2.05, 4.69) is 56.6 Å². The molecule has 0 spiro atoms. The minimum atomic E-state index is -0.414. The van der Waals surface area contributed by atoms with Crippen LogP contribution in [-0.2, 0) is 14.3 Å². The molecule has 4 heteroatoms. The second-order valence-electron chi connectivity index (χ2n) is 11.1. The summed E-state index contributed by atoms with van der Waals surface area (Å²) in [7, 11) is 0. The normalized spacial score (nSPS) is 35.0. The highest BCUT2D eigenvalue weighted by Gasteiger charge is 2.57. The minimum absolute atomic E-state index is 0.0415. The van der Waals surface area contributed by atoms with Crippen LogP contribution in [0.4, 0.5) is 0 Å². The smallest absolute Gasteiger partial charge is 0.313 e. The lowest BCUT2D eigenvalue weighted by Crippen LogP contribution is -2.53. The van der Waals surface area contributed by atoms with Crippen molar-refractivity contribution < 1.29 is 14.3 Å². The van der Waals surface area contributed by atoms with Gasteiger partial charge in [0.2, 0.25) is 0 Å². The molecule has 2 fully saturated rings. The molecule has 0 unspecified atom stereocenters. The van der Waals surface area contributed by atoms with Crippen LogP contribution in [0.15, 0.2) is 23.3 Å². The van der Waals surface area contributed by atoms with Gasteiger partial charge in [-0.05, 0) is 67.8 Å². The predicted molar refractivity (Wildman–Crippen MR) is 128 cm³/mol. The van der Waals surface area contributed by atoms with E-state index in [0.717, 1.165) is 52.1 Å². The molecule has 0 aromatic carbocycles. The Labute approximate surface area is 194 Å². The SMILES string of the molecule is CC(C)C1=CC2=CC[C@@H]3[C@](C)(CCC[C@@]3(C)C(=O)OCC#CCN3CCOCC3)[C@H]2CC1. The third-order valence-corrected chi connectivity index (χ3v) is 8.85. The second-order valence-corrected chi connectivity index (χ2v) is 11.1. The van der Waals surface area contributed by atoms with Gasteiger partial charge in [0.15, 0.2) is 6.61 Å². The minimum Gasteiger partial charge on any atom is -0.452 e. The maximum Gasteiger partial charge on any atom is 0.313 e. The summed E-state index contributed by atoms with van der Waals surface area (Å²) in [5.74, 6) is 7.74. The Bertz CT molecular complexity index is 825. The first kappa shape index (κ1) is 23.6. The number of hydrogen-bond acceptors (Lipinski definition) is 4. The molecular weight excluding hydrogens is 398 g/mol. The fraction of sp³-hybridized carbons (Fsp3) is 0.750. The van der Waals surface area contributed by atoms with E-state index in [4.69, 9.17) is 9.47 Å². The molecule has 1 saturated carbocycles. The fourth-order valence-electron chi connectivity index (χ4n) is 6.83. The van der Waals surface area contributed by atoms with Gasteiger partial charge in [-0.25, -0.2) is 0 Å². The number of carbonyl (C=O) groups is 1. The van der Waals surface area contributed by atoms with Crippen molar-refractivity contribution in [3.05, 3.63) is 23.3 Å². The van der Waals surface area contributed by atoms with Crippen molar-refractivity contribution in [2.45, 2.75) is 66.2 Å². The Kier molecular flexibility index (Phi) is 7.18. The van der Waals surface area contributed by atoms with Crippen molar-refractivity contribution in [1.29, 1.82) is 0 Å². The predicted octanol–water partition coefficient (Wildman–Crippen LogP) is 5.00. The lowest BCUT2D eigenvalue weighted by Gasteiger charge is -2.57. The van der Waals surface area contributed by atoms with Gasteiger partial charge >= 0.3 is 5.97 Å². The van der Waals surface area contributed by atoms with Gasteiger partial charge in [0.1, 0.15) is 0 Å². The second kappa shape index (κ2) is 9.74. The lowest BCUT2D eigenvalue weighted by atomic mass is 9.47. The number of ether oxygens (including phenoxy) is 2. The summed E-state index contributed by atoms with van der Waals surface area (Å²) < 4.78 is 11.1. The first-order valence-electron chi connectivity index (χ1n) is 12.7. The van der Waals surface area contributed by atoms with E-state index < -0.39 is 5.41 Å². The molecule has 0 aromatic heterocycles. The molecule has 3 aliphatic carbocycles. The highest BCUT2D eigenvalue weighted by atomic mass is 16.5. The van der Waals surface area contributed by atoms with Gasteiger partial charge in [0.05, 0.1) is 25.2 Å². The zero-order chi connectivity index (χ0) is 22.8. The lowest BCUT2D eigenvalue weighted by molar-refractivity contribution is -0.167. The van der Waals surface area contributed by atoms with Gasteiger partial charge in [0.25, 0.3) is 0 Å². The van der Waals surface area contributed by atoms with Crippen LogP contribution in [0, 0.1) is 40.4 Å². The number of fused-ring (bicyclic) bond motifs is 3. The quantitative estimate of drug-likeness (QED) is 0.456. The average Bonchev–Trinajstić information content (AvgIpc) is 2.79. The molecule has 4 nitrogen and oxygen atoms in total. The summed E-state index contributed by atoms with van der Waals surface area (Å²) in [4.78, 5) is 15.6. The first-order valence-corrected chi connectivity index (χ1v) is 12.7. The number of allylic oxidation sites excluding steroid dienone is 4. The van der Waals surface area contributed by atoms with Gasteiger partial charge in [-0.3, -0.25) is 9.69 Å². The van der Waals surface area contributed by atoms with Gasteiger partial charge in [0, 0.05) is 13.1 Å². The molecule has 4 rings (SSSR count). The summed E-state index contributed by atoms with van der Waals surface area (Å²) in [5.41, 5.74) is 2.88. The van der Waals surface area contributed by atoms with Crippen molar-refractivity contribution in [1.82, 2.24) is 4.90 Å². The summed E-state index contributed by atoms with van der Waals surface area (Å²) in [6.07, 6.45) is 11.6. The van der Waals surface area contributed by atoms with Crippen LogP contribution in [0.25, 0.3) is 0 Å². The Morgan fingerprint density at radius 1 is 1.25 bits per heavy atom. The van der Waals surface area contributed by atoms with Crippen molar-refractivity contribution in [2.24, 2.45) is 28.6 Å². The van der Waals surface area contributed by atoms with Crippen LogP contribution in [0.2, 0.25) is 0 Å². The molecule has 1 heterocycles. The highest BCUT2D eigenvalue weighted by Crippen LogP contribution is 2.62. The molecule has 0 amide bonds. The number of rotatable bonds is 4. The van der Waals surface area contributed by atoms with Crippen molar-refractivity contribution in [3.8, 4) is 11.8 Å². The molecule has 0 radical (unpaired) electrons. The van der Waals surface area contributed by atoms with Crippen LogP contribution in [0.3, 0.4) is 0 Å². The average molecular weight is 440 g/mol. The molecule has 4 aliphatic rings. The molecule has 4 atom stereocenters. The third kappa shape index (κ3) is 4.57. The largest absolute Gasteiger partial charge is 0.452 e. The van der Waals surface area contributed by atoms with E-state index in [1.165, 1.54) is 24.8 Å². The van der Waals surface area contributed by atoms with Crippen molar-refractivity contribution in [2.75, 3.05) is 39.5 Å². The summed E-state index contributed by atoms with van der Waals surface area (Å²) in [6, 6.07) is 0. The first-order chi connectivity index (χ1) is 15.3. The van der Waals surface area contributed by atoms with Gasteiger partial charge in [-0.2, -0.15) is 0 Å². The fourth-order valence-corrected chi connectivity index (χ4v) is 6.83. The standard InChI is InChI=1S/C28H41NO3/c1-21(2)22-8-10-24-23(20-22)9-11-25-27(24,3)12-7-13-28(25,4)26(30)32-17-6-5-14-29-15-18-31-19-16-29/h9,20-21,24-25H,7-8,10-19H2,1-4H3/t24-,25+,27+,28+/m0/s1. The summed E-state index contributed by atoms with van der Waals surface area (Å²) in [5, 5.41) is 0. The summed E-state index contributed by atoms with van der Waals surface area (Å²) >= 11 is 0. The van der Waals surface area contributed by atoms with Crippen molar-refractivity contribution >= 4 is 5.97 Å². The van der Waals surface area contributed by atoms with Gasteiger partial charge in [-0.1, -0.05) is 56.8 Å². The van der Waals surface area contributed by atoms with Crippen LogP contribution < -0.4 is 0 Å². The molecular formula is C28H41NO3. The van der Waals surface area contributed by atoms with Gasteiger partial charge < -0.3 is 9.47 Å². The number of nitrogens with zero attached hydrogens (tertiary/aromatic N) is 1. The Morgan fingerprint density at radius 3 is 2.78 bits per heavy atom. The Balaban J connectivity index is 1.42. The number of carbonyl (C=O) groups excluding carboxylic acids is 1. The van der Waals surface area contributed by atoms with E-state index in [1.54, 1.807) is 5.57 Å². The molecule has 32 heavy (non-hydrogen) atoms. The molecule has 0 N–H and O–H groups in total. The molecule has 1 saturated heterocycles. The van der Waals surface area contributed by atoms with Crippen LogP contribution >= 0.6 is 0 Å². The van der Waals surface area contributed by atoms with Crippen molar-refractivity contribution in [3.63, 3.8) is 0 Å². The van der Waals surface area contributed by atoms with E-state index in [1.807, 2.05) is 0 Å². The molecule has 0 aromatic rings. The zero-order valence-corrected chi connectivity index (χ0v) is 20.5. The maximum atomic E-state index is 13.3. The van der Waals surface area contributed by atoms with E-state index in [9.17, 15) is 4.79 Å². The van der Waals surface area contributed by atoms with E-state index >= 15 is 0 Å². The monoisotopic (exact) mass is 439 g/mol. The number of hydrogen-bond donors (Lipinski definition) is 0.